The lowest BCUT2D eigenvalue weighted by Crippen LogP contribution is -2.19. The van der Waals surface area contributed by atoms with Gasteiger partial charge in [-0.05, 0) is 31.4 Å². The number of nitrogens with zero attached hydrogens (tertiary/aromatic N) is 1. The highest BCUT2D eigenvalue weighted by Gasteiger charge is 2.29. The first-order chi connectivity index (χ1) is 8.56. The normalized spacial score (nSPS) is 22.7. The summed E-state index contributed by atoms with van der Waals surface area (Å²) in [7, 11) is 0. The van der Waals surface area contributed by atoms with E-state index in [2.05, 4.69) is 10.3 Å². The van der Waals surface area contributed by atoms with Crippen LogP contribution in [-0.2, 0) is 4.79 Å². The molecule has 2 atom stereocenters. The Bertz CT molecular complexity index is 475. The molecule has 1 aromatic rings. The topological polar surface area (TPSA) is 105 Å². The van der Waals surface area contributed by atoms with E-state index in [4.69, 9.17) is 10.8 Å². The minimum Gasteiger partial charge on any atom is -0.481 e. The molecule has 0 spiro atoms. The molecule has 1 aliphatic rings. The van der Waals surface area contributed by atoms with Gasteiger partial charge in [-0.3, -0.25) is 14.6 Å². The van der Waals surface area contributed by atoms with Crippen molar-refractivity contribution in [2.24, 2.45) is 11.7 Å². The number of hydrogen-bond donors (Lipinski definition) is 3. The predicted molar refractivity (Wildman–Crippen MR) is 65.1 cm³/mol. The van der Waals surface area contributed by atoms with Crippen LogP contribution in [0.25, 0.3) is 0 Å². The molecule has 18 heavy (non-hydrogen) atoms. The van der Waals surface area contributed by atoms with Gasteiger partial charge in [-0.1, -0.05) is 0 Å². The van der Waals surface area contributed by atoms with Crippen molar-refractivity contribution >= 4 is 17.6 Å². The third kappa shape index (κ3) is 2.77. The summed E-state index contributed by atoms with van der Waals surface area (Å²) < 4.78 is 0. The fourth-order valence-electron chi connectivity index (χ4n) is 2.23. The van der Waals surface area contributed by atoms with Gasteiger partial charge in [-0.25, -0.2) is 0 Å². The number of primary amides is 1. The molecule has 1 amide bonds. The zero-order chi connectivity index (χ0) is 13.1. The van der Waals surface area contributed by atoms with Crippen molar-refractivity contribution in [2.75, 3.05) is 5.32 Å². The zero-order valence-electron chi connectivity index (χ0n) is 9.80. The van der Waals surface area contributed by atoms with Crippen molar-refractivity contribution < 1.29 is 14.7 Å². The van der Waals surface area contributed by atoms with Gasteiger partial charge in [-0.15, -0.1) is 0 Å². The highest BCUT2D eigenvalue weighted by molar-refractivity contribution is 5.91. The number of aromatic nitrogens is 1. The number of carboxylic acids is 1. The number of carbonyl (C=O) groups is 2. The molecular formula is C12H15N3O3. The van der Waals surface area contributed by atoms with Crippen molar-refractivity contribution in [3.63, 3.8) is 0 Å². The van der Waals surface area contributed by atoms with Crippen molar-refractivity contribution in [1.29, 1.82) is 0 Å². The average Bonchev–Trinajstić information content (AvgIpc) is 2.78. The summed E-state index contributed by atoms with van der Waals surface area (Å²) in [5.74, 6) is -1.60. The third-order valence-electron chi connectivity index (χ3n) is 3.17. The van der Waals surface area contributed by atoms with Crippen molar-refractivity contribution in [3.8, 4) is 0 Å². The van der Waals surface area contributed by atoms with Crippen LogP contribution in [-0.4, -0.2) is 28.0 Å². The molecule has 0 radical (unpaired) electrons. The van der Waals surface area contributed by atoms with Crippen molar-refractivity contribution in [1.82, 2.24) is 4.98 Å². The lowest BCUT2D eigenvalue weighted by Gasteiger charge is -2.14. The Morgan fingerprint density at radius 3 is 2.83 bits per heavy atom. The van der Waals surface area contributed by atoms with E-state index in [9.17, 15) is 9.59 Å². The smallest absolute Gasteiger partial charge is 0.306 e. The summed E-state index contributed by atoms with van der Waals surface area (Å²) >= 11 is 0. The van der Waals surface area contributed by atoms with E-state index >= 15 is 0 Å². The molecule has 0 saturated heterocycles. The second kappa shape index (κ2) is 5.03. The van der Waals surface area contributed by atoms with E-state index in [-0.39, 0.29) is 17.7 Å². The van der Waals surface area contributed by atoms with Crippen LogP contribution in [0.1, 0.15) is 29.8 Å². The molecule has 1 fully saturated rings. The molecule has 6 nitrogen and oxygen atoms in total. The van der Waals surface area contributed by atoms with Crippen LogP contribution in [0.5, 0.6) is 0 Å². The van der Waals surface area contributed by atoms with Crippen LogP contribution >= 0.6 is 0 Å². The van der Waals surface area contributed by atoms with Crippen LogP contribution in [0.3, 0.4) is 0 Å². The molecule has 1 aromatic heterocycles. The van der Waals surface area contributed by atoms with Crippen molar-refractivity contribution in [2.45, 2.75) is 25.3 Å². The molecule has 6 heteroatoms. The van der Waals surface area contributed by atoms with Gasteiger partial charge in [0.2, 0.25) is 0 Å². The molecule has 4 N–H and O–H groups in total. The fourth-order valence-corrected chi connectivity index (χ4v) is 2.23. The standard InChI is InChI=1S/C12H15N3O3/c13-11(16)10-6-9(3-4-14-10)15-8-2-1-7(5-8)12(17)18/h3-4,6-8H,1-2,5H2,(H2,13,16)(H,14,15)(H,17,18)/t7-,8+/m1/s1. The van der Waals surface area contributed by atoms with E-state index in [0.717, 1.165) is 12.1 Å². The number of rotatable bonds is 4. The van der Waals surface area contributed by atoms with Gasteiger partial charge in [0, 0.05) is 17.9 Å². The lowest BCUT2D eigenvalue weighted by molar-refractivity contribution is -0.141. The van der Waals surface area contributed by atoms with Crippen molar-refractivity contribution in [3.05, 3.63) is 24.0 Å². The number of pyridine rings is 1. The van der Waals surface area contributed by atoms with E-state index in [0.29, 0.717) is 12.8 Å². The number of carboxylic acid groups (broad SMARTS) is 1. The Morgan fingerprint density at radius 2 is 2.22 bits per heavy atom. The molecule has 1 aliphatic carbocycles. The van der Waals surface area contributed by atoms with E-state index in [1.807, 2.05) is 0 Å². The fraction of sp³-hybridized carbons (Fsp3) is 0.417. The van der Waals surface area contributed by atoms with Crippen LogP contribution in [0.2, 0.25) is 0 Å². The number of nitrogens with two attached hydrogens (primary N) is 1. The van der Waals surface area contributed by atoms with E-state index in [1.165, 1.54) is 6.20 Å². The van der Waals surface area contributed by atoms with Gasteiger partial charge >= 0.3 is 5.97 Å². The summed E-state index contributed by atoms with van der Waals surface area (Å²) in [5.41, 5.74) is 6.09. The monoisotopic (exact) mass is 249 g/mol. The quantitative estimate of drug-likeness (QED) is 0.733. The molecule has 1 heterocycles. The van der Waals surface area contributed by atoms with Gasteiger partial charge in [0.25, 0.3) is 5.91 Å². The molecular weight excluding hydrogens is 234 g/mol. The number of anilines is 1. The number of amides is 1. The molecule has 0 bridgehead atoms. The van der Waals surface area contributed by atoms with Gasteiger partial charge in [-0.2, -0.15) is 0 Å². The Morgan fingerprint density at radius 1 is 1.44 bits per heavy atom. The maximum absolute atomic E-state index is 11.0. The predicted octanol–water partition coefficient (Wildman–Crippen LogP) is 0.846. The molecule has 0 aromatic carbocycles. The molecule has 2 rings (SSSR count). The summed E-state index contributed by atoms with van der Waals surface area (Å²) in [6.45, 7) is 0. The van der Waals surface area contributed by atoms with Gasteiger partial charge in [0.1, 0.15) is 5.69 Å². The summed E-state index contributed by atoms with van der Waals surface area (Å²) in [6, 6.07) is 3.44. The van der Waals surface area contributed by atoms with Gasteiger partial charge < -0.3 is 16.2 Å². The lowest BCUT2D eigenvalue weighted by atomic mass is 10.1. The largest absolute Gasteiger partial charge is 0.481 e. The van der Waals surface area contributed by atoms with Gasteiger partial charge in [0.05, 0.1) is 5.92 Å². The van der Waals surface area contributed by atoms with Crippen LogP contribution in [0.4, 0.5) is 5.69 Å². The van der Waals surface area contributed by atoms with Gasteiger partial charge in [0.15, 0.2) is 0 Å². The average molecular weight is 249 g/mol. The third-order valence-corrected chi connectivity index (χ3v) is 3.17. The van der Waals surface area contributed by atoms with E-state index < -0.39 is 11.9 Å². The number of carbonyl (C=O) groups excluding carboxylic acids is 1. The molecule has 0 unspecified atom stereocenters. The number of nitrogens with one attached hydrogen (secondary N) is 1. The summed E-state index contributed by atoms with van der Waals surface area (Å²) in [5, 5.41) is 12.1. The first-order valence-electron chi connectivity index (χ1n) is 5.81. The maximum atomic E-state index is 11.0. The summed E-state index contributed by atoms with van der Waals surface area (Å²) in [6.07, 6.45) is 3.60. The SMILES string of the molecule is NC(=O)c1cc(N[C@H]2CC[C@@H](C(=O)O)C2)ccn1. The number of hydrogen-bond acceptors (Lipinski definition) is 4. The first-order valence-corrected chi connectivity index (χ1v) is 5.81. The second-order valence-electron chi connectivity index (χ2n) is 4.48. The number of aliphatic carboxylic acids is 1. The Kier molecular flexibility index (Phi) is 3.45. The maximum Gasteiger partial charge on any atom is 0.306 e. The second-order valence-corrected chi connectivity index (χ2v) is 4.48. The molecule has 0 aliphatic heterocycles. The Hall–Kier alpha value is -2.11. The highest BCUT2D eigenvalue weighted by atomic mass is 16.4. The minimum absolute atomic E-state index is 0.120. The first kappa shape index (κ1) is 12.3. The zero-order valence-corrected chi connectivity index (χ0v) is 9.80. The highest BCUT2D eigenvalue weighted by Crippen LogP contribution is 2.28. The summed E-state index contributed by atoms with van der Waals surface area (Å²) in [4.78, 5) is 25.7. The minimum atomic E-state index is -0.744. The molecule has 1 saturated carbocycles. The van der Waals surface area contributed by atoms with Crippen LogP contribution < -0.4 is 11.1 Å². The molecule has 96 valence electrons. The van der Waals surface area contributed by atoms with E-state index in [1.54, 1.807) is 12.1 Å². The van der Waals surface area contributed by atoms with Crippen LogP contribution in [0.15, 0.2) is 18.3 Å². The Balaban J connectivity index is 2.00. The Labute approximate surface area is 104 Å². The van der Waals surface area contributed by atoms with Crippen LogP contribution in [0, 0.1) is 5.92 Å².